The van der Waals surface area contributed by atoms with Crippen LogP contribution in [0.15, 0.2) is 48.5 Å². The SMILES string of the molecule is Cc1c(O)cccc1C(=O)N[C@@H](CCS(C)(=O)=O)C(=O)N[C@@H](CC(C)C)[C@@H](O)C[C@@H](C)C(=O)N[C@@H](CC(C)C)C(=O)NCc1ccccc1. The molecule has 0 saturated heterocycles. The lowest BCUT2D eigenvalue weighted by atomic mass is 9.91. The van der Waals surface area contributed by atoms with Gasteiger partial charge in [-0.1, -0.05) is 71.0 Å². The van der Waals surface area contributed by atoms with Gasteiger partial charge in [-0.3, -0.25) is 19.2 Å². The van der Waals surface area contributed by atoms with E-state index in [-0.39, 0.29) is 47.7 Å². The van der Waals surface area contributed by atoms with E-state index >= 15 is 0 Å². The van der Waals surface area contributed by atoms with Crippen molar-refractivity contribution in [1.29, 1.82) is 0 Å². The van der Waals surface area contributed by atoms with Gasteiger partial charge in [0, 0.05) is 29.8 Å². The van der Waals surface area contributed by atoms with Crippen molar-refractivity contribution in [3.8, 4) is 5.75 Å². The molecule has 0 aliphatic heterocycles. The highest BCUT2D eigenvalue weighted by Crippen LogP contribution is 2.20. The van der Waals surface area contributed by atoms with Gasteiger partial charge in [-0.2, -0.15) is 0 Å². The molecule has 12 nitrogen and oxygen atoms in total. The summed E-state index contributed by atoms with van der Waals surface area (Å²) in [6.07, 6.45) is 0.336. The smallest absolute Gasteiger partial charge is 0.252 e. The normalized spacial score (nSPS) is 14.7. The predicted octanol–water partition coefficient (Wildman–Crippen LogP) is 3.00. The average Bonchev–Trinajstić information content (AvgIpc) is 3.01. The number of carbonyl (C=O) groups excluding carboxylic acids is 4. The van der Waals surface area contributed by atoms with E-state index in [4.69, 9.17) is 0 Å². The van der Waals surface area contributed by atoms with Crippen LogP contribution in [-0.4, -0.2) is 78.5 Å². The molecule has 2 aromatic rings. The van der Waals surface area contributed by atoms with E-state index in [9.17, 15) is 37.8 Å². The number of benzene rings is 2. The topological polar surface area (TPSA) is 191 Å². The zero-order valence-electron chi connectivity index (χ0n) is 29.7. The van der Waals surface area contributed by atoms with Gasteiger partial charge in [0.2, 0.25) is 17.7 Å². The van der Waals surface area contributed by atoms with Crippen molar-refractivity contribution in [1.82, 2.24) is 21.3 Å². The Morgan fingerprint density at radius 3 is 1.98 bits per heavy atom. The summed E-state index contributed by atoms with van der Waals surface area (Å²) in [6, 6.07) is 10.9. The van der Waals surface area contributed by atoms with Crippen molar-refractivity contribution in [3.05, 3.63) is 65.2 Å². The number of hydrogen-bond donors (Lipinski definition) is 6. The second kappa shape index (κ2) is 19.3. The van der Waals surface area contributed by atoms with Crippen LogP contribution in [0.4, 0.5) is 0 Å². The standard InChI is InChI=1S/C36H54N4O8S/c1-22(2)18-29(39-36(46)28(16-17-49(7,47)48)38-34(44)27-14-11-15-31(41)25(27)6)32(42)20-24(5)33(43)40-30(19-23(3)4)35(45)37-21-26-12-9-8-10-13-26/h8-15,22-24,28-30,32,41-42H,16-21H2,1-7H3,(H,37,45)(H,38,44)(H,39,46)(H,40,43)/t24-,28+,29+,30+,32+/m1/s1. The average molecular weight is 703 g/mol. The molecule has 0 saturated carbocycles. The lowest BCUT2D eigenvalue weighted by Crippen LogP contribution is -2.54. The molecule has 0 aromatic heterocycles. The third kappa shape index (κ3) is 14.6. The molecular weight excluding hydrogens is 648 g/mol. The van der Waals surface area contributed by atoms with Crippen LogP contribution < -0.4 is 21.3 Å². The lowest BCUT2D eigenvalue weighted by Gasteiger charge is -2.30. The third-order valence-corrected chi connectivity index (χ3v) is 9.14. The number of rotatable bonds is 19. The fourth-order valence-corrected chi connectivity index (χ4v) is 6.03. The number of aromatic hydroxyl groups is 1. The van der Waals surface area contributed by atoms with Crippen molar-refractivity contribution >= 4 is 33.5 Å². The highest BCUT2D eigenvalue weighted by atomic mass is 32.2. The highest BCUT2D eigenvalue weighted by molar-refractivity contribution is 7.90. The Morgan fingerprint density at radius 2 is 1.39 bits per heavy atom. The van der Waals surface area contributed by atoms with Gasteiger partial charge in [0.15, 0.2) is 0 Å². The number of aliphatic hydroxyl groups excluding tert-OH is 1. The van der Waals surface area contributed by atoms with Gasteiger partial charge in [-0.05, 0) is 62.1 Å². The minimum absolute atomic E-state index is 0.0202. The molecule has 0 radical (unpaired) electrons. The van der Waals surface area contributed by atoms with E-state index < -0.39 is 57.7 Å². The van der Waals surface area contributed by atoms with Crippen LogP contribution in [0, 0.1) is 24.7 Å². The van der Waals surface area contributed by atoms with Gasteiger partial charge in [-0.25, -0.2) is 8.42 Å². The van der Waals surface area contributed by atoms with Gasteiger partial charge in [0.05, 0.1) is 17.9 Å². The molecule has 13 heteroatoms. The number of phenolic OH excluding ortho intramolecular Hbond substituents is 1. The van der Waals surface area contributed by atoms with Crippen LogP contribution >= 0.6 is 0 Å². The van der Waals surface area contributed by atoms with Crippen LogP contribution in [0.2, 0.25) is 0 Å². The molecule has 4 amide bonds. The Balaban J connectivity index is 2.16. The predicted molar refractivity (Wildman–Crippen MR) is 189 cm³/mol. The number of hydrogen-bond acceptors (Lipinski definition) is 8. The first-order valence-corrected chi connectivity index (χ1v) is 18.8. The summed E-state index contributed by atoms with van der Waals surface area (Å²) in [5.74, 6) is -3.17. The summed E-state index contributed by atoms with van der Waals surface area (Å²) in [5.41, 5.74) is 1.35. The molecule has 0 aliphatic carbocycles. The Bertz CT molecular complexity index is 1510. The number of carbonyl (C=O) groups is 4. The molecule has 5 atom stereocenters. The van der Waals surface area contributed by atoms with Gasteiger partial charge >= 0.3 is 0 Å². The highest BCUT2D eigenvalue weighted by Gasteiger charge is 2.32. The Hall–Kier alpha value is -3.97. The number of phenols is 1. The Kier molecular flexibility index (Phi) is 16.2. The quantitative estimate of drug-likeness (QED) is 0.129. The van der Waals surface area contributed by atoms with E-state index in [1.54, 1.807) is 13.8 Å². The van der Waals surface area contributed by atoms with E-state index in [1.165, 1.54) is 18.2 Å². The van der Waals surface area contributed by atoms with Gasteiger partial charge in [0.25, 0.3) is 5.91 Å². The first-order chi connectivity index (χ1) is 22.9. The monoisotopic (exact) mass is 702 g/mol. The van der Waals surface area contributed by atoms with Crippen LogP contribution in [0.5, 0.6) is 5.75 Å². The van der Waals surface area contributed by atoms with Crippen LogP contribution in [0.1, 0.15) is 81.8 Å². The Labute approximate surface area is 290 Å². The van der Waals surface area contributed by atoms with Crippen molar-refractivity contribution in [2.75, 3.05) is 12.0 Å². The van der Waals surface area contributed by atoms with E-state index in [1.807, 2.05) is 58.0 Å². The lowest BCUT2D eigenvalue weighted by molar-refractivity contribution is -0.132. The molecule has 0 unspecified atom stereocenters. The minimum atomic E-state index is -3.49. The van der Waals surface area contributed by atoms with Gasteiger partial charge < -0.3 is 31.5 Å². The number of sulfone groups is 1. The summed E-state index contributed by atoms with van der Waals surface area (Å²) >= 11 is 0. The number of amides is 4. The molecule has 0 heterocycles. The molecule has 2 rings (SSSR count). The summed E-state index contributed by atoms with van der Waals surface area (Å²) in [7, 11) is -3.49. The molecular formula is C36H54N4O8S. The summed E-state index contributed by atoms with van der Waals surface area (Å²) < 4.78 is 23.9. The van der Waals surface area contributed by atoms with E-state index in [0.717, 1.165) is 11.8 Å². The largest absolute Gasteiger partial charge is 0.508 e. The molecule has 49 heavy (non-hydrogen) atoms. The van der Waals surface area contributed by atoms with Crippen LogP contribution in [-0.2, 0) is 30.8 Å². The maximum absolute atomic E-state index is 13.6. The number of nitrogens with one attached hydrogen (secondary N) is 4. The van der Waals surface area contributed by atoms with E-state index in [0.29, 0.717) is 24.9 Å². The molecule has 6 N–H and O–H groups in total. The Morgan fingerprint density at radius 1 is 0.755 bits per heavy atom. The molecule has 2 aromatic carbocycles. The minimum Gasteiger partial charge on any atom is -0.508 e. The van der Waals surface area contributed by atoms with Crippen LogP contribution in [0.3, 0.4) is 0 Å². The first-order valence-electron chi connectivity index (χ1n) is 16.8. The van der Waals surface area contributed by atoms with E-state index in [2.05, 4.69) is 21.3 Å². The second-order valence-electron chi connectivity index (χ2n) is 13.7. The van der Waals surface area contributed by atoms with Crippen molar-refractivity contribution < 1.29 is 37.8 Å². The fourth-order valence-electron chi connectivity index (χ4n) is 5.37. The maximum atomic E-state index is 13.6. The maximum Gasteiger partial charge on any atom is 0.252 e. The fraction of sp³-hybridized carbons (Fsp3) is 0.556. The molecule has 0 bridgehead atoms. The zero-order chi connectivity index (χ0) is 36.9. The van der Waals surface area contributed by atoms with Crippen molar-refractivity contribution in [2.45, 2.75) is 98.0 Å². The van der Waals surface area contributed by atoms with Crippen LogP contribution in [0.25, 0.3) is 0 Å². The van der Waals surface area contributed by atoms with Gasteiger partial charge in [-0.15, -0.1) is 0 Å². The molecule has 0 fully saturated rings. The van der Waals surface area contributed by atoms with Crippen molar-refractivity contribution in [3.63, 3.8) is 0 Å². The third-order valence-electron chi connectivity index (χ3n) is 8.16. The number of aliphatic hydroxyl groups is 1. The molecule has 0 spiro atoms. The molecule has 0 aliphatic rings. The summed E-state index contributed by atoms with van der Waals surface area (Å²) in [6.45, 7) is 11.2. The summed E-state index contributed by atoms with van der Waals surface area (Å²) in [5, 5.41) is 32.4. The van der Waals surface area contributed by atoms with Crippen molar-refractivity contribution in [2.24, 2.45) is 17.8 Å². The molecule has 272 valence electrons. The first kappa shape index (κ1) is 41.2. The van der Waals surface area contributed by atoms with Gasteiger partial charge in [0.1, 0.15) is 27.7 Å². The second-order valence-corrected chi connectivity index (χ2v) is 16.0. The summed E-state index contributed by atoms with van der Waals surface area (Å²) in [4.78, 5) is 53.1. The zero-order valence-corrected chi connectivity index (χ0v) is 30.5.